The highest BCUT2D eigenvalue weighted by atomic mass is 16.5. The molecule has 2 N–H and O–H groups in total. The molecule has 6 heteroatoms. The molecule has 0 aliphatic carbocycles. The van der Waals surface area contributed by atoms with Crippen molar-refractivity contribution in [1.82, 2.24) is 14.7 Å². The number of anilines is 1. The first-order valence-corrected chi connectivity index (χ1v) is 6.30. The molecule has 2 atom stereocenters. The highest BCUT2D eigenvalue weighted by Crippen LogP contribution is 2.28. The van der Waals surface area contributed by atoms with Crippen molar-refractivity contribution in [3.63, 3.8) is 0 Å². The summed E-state index contributed by atoms with van der Waals surface area (Å²) in [7, 11) is 1.76. The van der Waals surface area contributed by atoms with Crippen LogP contribution in [0.3, 0.4) is 0 Å². The topological polar surface area (TPSA) is 73.4 Å². The van der Waals surface area contributed by atoms with Crippen LogP contribution < -0.4 is 5.73 Å². The van der Waals surface area contributed by atoms with E-state index < -0.39 is 0 Å². The van der Waals surface area contributed by atoms with E-state index in [4.69, 9.17) is 10.5 Å². The normalized spacial score (nSPS) is 26.7. The van der Waals surface area contributed by atoms with Gasteiger partial charge in [0.2, 0.25) is 0 Å². The van der Waals surface area contributed by atoms with Gasteiger partial charge in [-0.15, -0.1) is 0 Å². The van der Waals surface area contributed by atoms with E-state index >= 15 is 0 Å². The van der Waals surface area contributed by atoms with Gasteiger partial charge in [-0.3, -0.25) is 9.48 Å². The van der Waals surface area contributed by atoms with Crippen LogP contribution in [0, 0.1) is 6.92 Å². The fourth-order valence-electron chi connectivity index (χ4n) is 2.86. The van der Waals surface area contributed by atoms with Crippen LogP contribution >= 0.6 is 0 Å². The fourth-order valence-corrected chi connectivity index (χ4v) is 2.86. The van der Waals surface area contributed by atoms with Crippen LogP contribution in [0.25, 0.3) is 0 Å². The van der Waals surface area contributed by atoms with E-state index in [1.165, 1.54) is 0 Å². The first-order valence-electron chi connectivity index (χ1n) is 6.30. The molecule has 6 nitrogen and oxygen atoms in total. The third kappa shape index (κ3) is 1.68. The SMILES string of the molecule is Cc1nn(C)c(C(=O)N2CC3CCC(C2)O3)c1N. The Labute approximate surface area is 106 Å². The van der Waals surface area contributed by atoms with Crippen molar-refractivity contribution < 1.29 is 9.53 Å². The van der Waals surface area contributed by atoms with Crippen LogP contribution in [0.5, 0.6) is 0 Å². The number of carbonyl (C=O) groups excluding carboxylic acids is 1. The van der Waals surface area contributed by atoms with Crippen LogP contribution in [-0.2, 0) is 11.8 Å². The molecule has 1 aromatic heterocycles. The van der Waals surface area contributed by atoms with Gasteiger partial charge in [0.1, 0.15) is 5.69 Å². The summed E-state index contributed by atoms with van der Waals surface area (Å²) in [6.07, 6.45) is 2.49. The van der Waals surface area contributed by atoms with Crippen molar-refractivity contribution in [3.8, 4) is 0 Å². The quantitative estimate of drug-likeness (QED) is 0.778. The van der Waals surface area contributed by atoms with Gasteiger partial charge >= 0.3 is 0 Å². The number of ether oxygens (including phenoxy) is 1. The number of aryl methyl sites for hydroxylation is 2. The summed E-state index contributed by atoms with van der Waals surface area (Å²) in [5.41, 5.74) is 7.62. The highest BCUT2D eigenvalue weighted by Gasteiger charge is 2.37. The number of nitrogens with two attached hydrogens (primary N) is 1. The van der Waals surface area contributed by atoms with E-state index in [0.717, 1.165) is 12.8 Å². The lowest BCUT2D eigenvalue weighted by molar-refractivity contribution is -0.0306. The zero-order chi connectivity index (χ0) is 12.9. The third-order valence-corrected chi connectivity index (χ3v) is 3.80. The van der Waals surface area contributed by atoms with E-state index in [0.29, 0.717) is 30.2 Å². The van der Waals surface area contributed by atoms with Crippen molar-refractivity contribution in [2.24, 2.45) is 7.05 Å². The summed E-state index contributed by atoms with van der Waals surface area (Å²) in [6, 6.07) is 0. The zero-order valence-corrected chi connectivity index (χ0v) is 10.7. The minimum absolute atomic E-state index is 0.0317. The summed E-state index contributed by atoms with van der Waals surface area (Å²) >= 11 is 0. The van der Waals surface area contributed by atoms with Crippen LogP contribution in [0.1, 0.15) is 29.0 Å². The van der Waals surface area contributed by atoms with E-state index in [2.05, 4.69) is 5.10 Å². The number of aromatic nitrogens is 2. The molecule has 1 amide bonds. The van der Waals surface area contributed by atoms with Gasteiger partial charge in [0.05, 0.1) is 23.6 Å². The van der Waals surface area contributed by atoms with Crippen LogP contribution in [-0.4, -0.2) is 45.9 Å². The number of likely N-dealkylation sites (tertiary alicyclic amines) is 1. The lowest BCUT2D eigenvalue weighted by Gasteiger charge is -2.32. The van der Waals surface area contributed by atoms with Crippen LogP contribution in [0.15, 0.2) is 0 Å². The number of hydrogen-bond acceptors (Lipinski definition) is 4. The van der Waals surface area contributed by atoms with Crippen molar-refractivity contribution in [3.05, 3.63) is 11.4 Å². The fraction of sp³-hybridized carbons (Fsp3) is 0.667. The number of fused-ring (bicyclic) bond motifs is 2. The molecule has 1 aromatic rings. The van der Waals surface area contributed by atoms with Gasteiger partial charge in [-0.2, -0.15) is 5.10 Å². The predicted octanol–water partition coefficient (Wildman–Crippen LogP) is 0.314. The molecule has 18 heavy (non-hydrogen) atoms. The molecular weight excluding hydrogens is 232 g/mol. The van der Waals surface area contributed by atoms with E-state index in [-0.39, 0.29) is 18.1 Å². The molecule has 0 spiro atoms. The molecule has 98 valence electrons. The Morgan fingerprint density at radius 2 is 2.00 bits per heavy atom. The monoisotopic (exact) mass is 250 g/mol. The number of carbonyl (C=O) groups is 1. The van der Waals surface area contributed by atoms with Crippen molar-refractivity contribution in [1.29, 1.82) is 0 Å². The van der Waals surface area contributed by atoms with Gasteiger partial charge in [0.15, 0.2) is 0 Å². The summed E-state index contributed by atoms with van der Waals surface area (Å²) in [5.74, 6) is -0.0317. The summed E-state index contributed by atoms with van der Waals surface area (Å²) < 4.78 is 7.31. The maximum atomic E-state index is 12.5. The summed E-state index contributed by atoms with van der Waals surface area (Å²) in [4.78, 5) is 14.3. The summed E-state index contributed by atoms with van der Waals surface area (Å²) in [6.45, 7) is 3.15. The van der Waals surface area contributed by atoms with Crippen LogP contribution in [0.2, 0.25) is 0 Å². The minimum Gasteiger partial charge on any atom is -0.395 e. The maximum absolute atomic E-state index is 12.5. The second-order valence-corrected chi connectivity index (χ2v) is 5.14. The molecule has 3 rings (SSSR count). The Morgan fingerprint density at radius 3 is 2.50 bits per heavy atom. The number of nitrogens with zero attached hydrogens (tertiary/aromatic N) is 3. The van der Waals surface area contributed by atoms with E-state index in [9.17, 15) is 4.79 Å². The second kappa shape index (κ2) is 3.98. The predicted molar refractivity (Wildman–Crippen MR) is 66.2 cm³/mol. The maximum Gasteiger partial charge on any atom is 0.274 e. The van der Waals surface area contributed by atoms with Gasteiger partial charge in [0.25, 0.3) is 5.91 Å². The second-order valence-electron chi connectivity index (χ2n) is 5.14. The first kappa shape index (κ1) is 11.5. The van der Waals surface area contributed by atoms with E-state index in [1.54, 1.807) is 11.7 Å². The molecular formula is C12H18N4O2. The number of morpholine rings is 1. The standard InChI is InChI=1S/C12H18N4O2/c1-7-10(13)11(15(2)14-7)12(17)16-5-8-3-4-9(6-16)18-8/h8-9H,3-6,13H2,1-2H3. The minimum atomic E-state index is -0.0317. The Kier molecular flexibility index (Phi) is 2.55. The van der Waals surface area contributed by atoms with Gasteiger partial charge < -0.3 is 15.4 Å². The number of amides is 1. The first-order chi connectivity index (χ1) is 8.56. The Bertz CT molecular complexity index is 485. The highest BCUT2D eigenvalue weighted by molar-refractivity contribution is 5.98. The Balaban J connectivity index is 1.86. The largest absolute Gasteiger partial charge is 0.395 e. The molecule has 2 unspecified atom stereocenters. The molecule has 2 aliphatic heterocycles. The number of hydrogen-bond donors (Lipinski definition) is 1. The molecule has 2 aliphatic rings. The lowest BCUT2D eigenvalue weighted by Crippen LogP contribution is -2.46. The molecule has 0 radical (unpaired) electrons. The molecule has 3 heterocycles. The zero-order valence-electron chi connectivity index (χ0n) is 10.7. The summed E-state index contributed by atoms with van der Waals surface area (Å²) in [5, 5.41) is 4.19. The van der Waals surface area contributed by atoms with Crippen LogP contribution in [0.4, 0.5) is 5.69 Å². The Morgan fingerprint density at radius 1 is 1.39 bits per heavy atom. The van der Waals surface area contributed by atoms with Gasteiger partial charge in [-0.1, -0.05) is 0 Å². The average molecular weight is 250 g/mol. The van der Waals surface area contributed by atoms with Gasteiger partial charge in [-0.25, -0.2) is 0 Å². The molecule has 0 aromatic carbocycles. The van der Waals surface area contributed by atoms with Crippen molar-refractivity contribution >= 4 is 11.6 Å². The average Bonchev–Trinajstić information content (AvgIpc) is 2.79. The number of nitrogen functional groups attached to an aromatic ring is 1. The lowest BCUT2D eigenvalue weighted by atomic mass is 10.2. The number of rotatable bonds is 1. The van der Waals surface area contributed by atoms with Gasteiger partial charge in [-0.05, 0) is 19.8 Å². The van der Waals surface area contributed by atoms with Crippen molar-refractivity contribution in [2.75, 3.05) is 18.8 Å². The third-order valence-electron chi connectivity index (χ3n) is 3.80. The molecule has 2 fully saturated rings. The molecule has 2 bridgehead atoms. The van der Waals surface area contributed by atoms with Crippen molar-refractivity contribution in [2.45, 2.75) is 32.0 Å². The molecule has 2 saturated heterocycles. The smallest absolute Gasteiger partial charge is 0.274 e. The molecule has 0 saturated carbocycles. The Hall–Kier alpha value is -1.56. The van der Waals surface area contributed by atoms with Gasteiger partial charge in [0, 0.05) is 20.1 Å². The van der Waals surface area contributed by atoms with E-state index in [1.807, 2.05) is 11.8 Å².